The highest BCUT2D eigenvalue weighted by Crippen LogP contribution is 2.32. The molecule has 1 aliphatic rings. The van der Waals surface area contributed by atoms with Crippen LogP contribution in [-0.2, 0) is 0 Å². The van der Waals surface area contributed by atoms with E-state index in [-0.39, 0.29) is 18.1 Å². The molecule has 4 atom stereocenters. The van der Waals surface area contributed by atoms with Crippen molar-refractivity contribution in [1.29, 1.82) is 0 Å². The molecule has 16 heavy (non-hydrogen) atoms. The zero-order valence-electron chi connectivity index (χ0n) is 10.9. The number of hydrogen-bond acceptors (Lipinski definition) is 2. The van der Waals surface area contributed by atoms with Gasteiger partial charge in [-0.25, -0.2) is 0 Å². The fraction of sp³-hybridized carbons (Fsp3) is 1.00. The van der Waals surface area contributed by atoms with Crippen molar-refractivity contribution < 1.29 is 10.2 Å². The van der Waals surface area contributed by atoms with Crippen LogP contribution >= 0.6 is 0 Å². The lowest BCUT2D eigenvalue weighted by molar-refractivity contribution is -0.0417. The Balaban J connectivity index is 2.47. The normalized spacial score (nSPS) is 30.0. The molecule has 0 radical (unpaired) electrons. The number of aliphatic hydroxyl groups excluding tert-OH is 2. The molecule has 1 saturated carbocycles. The molecule has 0 aromatic carbocycles. The van der Waals surface area contributed by atoms with E-state index < -0.39 is 0 Å². The van der Waals surface area contributed by atoms with Crippen LogP contribution in [0, 0.1) is 11.8 Å². The fourth-order valence-corrected chi connectivity index (χ4v) is 2.97. The van der Waals surface area contributed by atoms with Gasteiger partial charge in [-0.05, 0) is 25.2 Å². The van der Waals surface area contributed by atoms with Crippen molar-refractivity contribution in [2.45, 2.75) is 77.4 Å². The molecular weight excluding hydrogens is 200 g/mol. The number of aliphatic hydroxyl groups is 2. The summed E-state index contributed by atoms with van der Waals surface area (Å²) < 4.78 is 0. The third-order valence-corrected chi connectivity index (χ3v) is 4.16. The average Bonchev–Trinajstić information content (AvgIpc) is 2.30. The first-order chi connectivity index (χ1) is 7.70. The van der Waals surface area contributed by atoms with Crippen molar-refractivity contribution in [3.8, 4) is 0 Å². The predicted octanol–water partition coefficient (Wildman–Crippen LogP) is 3.11. The maximum absolute atomic E-state index is 10.4. The van der Waals surface area contributed by atoms with E-state index in [9.17, 15) is 10.2 Å². The highest BCUT2D eigenvalue weighted by atomic mass is 16.3. The third kappa shape index (κ3) is 3.74. The second-order valence-electron chi connectivity index (χ2n) is 5.32. The van der Waals surface area contributed by atoms with Gasteiger partial charge in [0.2, 0.25) is 0 Å². The first-order valence-electron chi connectivity index (χ1n) is 7.06. The van der Waals surface area contributed by atoms with Crippen LogP contribution in [0.25, 0.3) is 0 Å². The molecule has 1 aliphatic carbocycles. The lowest BCUT2D eigenvalue weighted by Crippen LogP contribution is -2.38. The molecule has 0 spiro atoms. The third-order valence-electron chi connectivity index (χ3n) is 4.16. The van der Waals surface area contributed by atoms with Gasteiger partial charge in [-0.15, -0.1) is 0 Å². The highest BCUT2D eigenvalue weighted by molar-refractivity contribution is 4.83. The molecule has 2 heteroatoms. The molecule has 96 valence electrons. The first-order valence-corrected chi connectivity index (χ1v) is 7.06. The van der Waals surface area contributed by atoms with Crippen LogP contribution < -0.4 is 0 Å². The molecule has 0 aromatic rings. The Morgan fingerprint density at radius 2 is 1.88 bits per heavy atom. The minimum absolute atomic E-state index is 0.135. The van der Waals surface area contributed by atoms with Crippen LogP contribution in [-0.4, -0.2) is 22.4 Å². The van der Waals surface area contributed by atoms with Gasteiger partial charge >= 0.3 is 0 Å². The Hall–Kier alpha value is -0.0800. The maximum Gasteiger partial charge on any atom is 0.0621 e. The summed E-state index contributed by atoms with van der Waals surface area (Å²) in [5.41, 5.74) is 0. The minimum Gasteiger partial charge on any atom is -0.393 e. The van der Waals surface area contributed by atoms with E-state index in [4.69, 9.17) is 0 Å². The van der Waals surface area contributed by atoms with Crippen molar-refractivity contribution in [1.82, 2.24) is 0 Å². The number of rotatable bonds is 6. The summed E-state index contributed by atoms with van der Waals surface area (Å²) in [5.74, 6) is 0.522. The SMILES string of the molecule is CCCC[C@@H](CC)[C@H](O)[C@@H]1CCCC[C@@H]1O. The second-order valence-corrected chi connectivity index (χ2v) is 5.32. The summed E-state index contributed by atoms with van der Waals surface area (Å²) >= 11 is 0. The van der Waals surface area contributed by atoms with Crippen molar-refractivity contribution in [3.63, 3.8) is 0 Å². The van der Waals surface area contributed by atoms with Crippen molar-refractivity contribution in [2.75, 3.05) is 0 Å². The molecular formula is C14H28O2. The van der Waals surface area contributed by atoms with Crippen LogP contribution in [0.5, 0.6) is 0 Å². The van der Waals surface area contributed by atoms with Gasteiger partial charge in [-0.2, -0.15) is 0 Å². The number of unbranched alkanes of at least 4 members (excludes halogenated alkanes) is 1. The Morgan fingerprint density at radius 1 is 1.19 bits per heavy atom. The largest absolute Gasteiger partial charge is 0.393 e. The van der Waals surface area contributed by atoms with Gasteiger partial charge in [0, 0.05) is 5.92 Å². The highest BCUT2D eigenvalue weighted by Gasteiger charge is 2.33. The molecule has 1 rings (SSSR count). The Morgan fingerprint density at radius 3 is 2.44 bits per heavy atom. The van der Waals surface area contributed by atoms with Gasteiger partial charge in [0.05, 0.1) is 12.2 Å². The fourth-order valence-electron chi connectivity index (χ4n) is 2.97. The van der Waals surface area contributed by atoms with Gasteiger partial charge < -0.3 is 10.2 Å². The zero-order valence-corrected chi connectivity index (χ0v) is 10.9. The van der Waals surface area contributed by atoms with Crippen LogP contribution in [0.2, 0.25) is 0 Å². The van der Waals surface area contributed by atoms with Gasteiger partial charge in [0.25, 0.3) is 0 Å². The van der Waals surface area contributed by atoms with E-state index in [1.54, 1.807) is 0 Å². The smallest absolute Gasteiger partial charge is 0.0621 e. The molecule has 0 bridgehead atoms. The monoisotopic (exact) mass is 228 g/mol. The summed E-state index contributed by atoms with van der Waals surface area (Å²) in [6.45, 7) is 4.34. The molecule has 0 aromatic heterocycles. The molecule has 2 N–H and O–H groups in total. The Bertz CT molecular complexity index is 182. The maximum atomic E-state index is 10.4. The van der Waals surface area contributed by atoms with Crippen LogP contribution in [0.1, 0.15) is 65.2 Å². The van der Waals surface area contributed by atoms with E-state index >= 15 is 0 Å². The molecule has 0 saturated heterocycles. The molecule has 0 unspecified atom stereocenters. The van der Waals surface area contributed by atoms with Crippen LogP contribution in [0.3, 0.4) is 0 Å². The van der Waals surface area contributed by atoms with E-state index in [0.29, 0.717) is 5.92 Å². The van der Waals surface area contributed by atoms with Crippen LogP contribution in [0.15, 0.2) is 0 Å². The summed E-state index contributed by atoms with van der Waals surface area (Å²) in [6.07, 6.45) is 8.15. The van der Waals surface area contributed by atoms with Crippen molar-refractivity contribution in [2.24, 2.45) is 11.8 Å². The lowest BCUT2D eigenvalue weighted by atomic mass is 9.76. The first kappa shape index (κ1) is 14.0. The molecule has 0 heterocycles. The molecule has 1 fully saturated rings. The Kier molecular flexibility index (Phi) is 6.37. The van der Waals surface area contributed by atoms with Gasteiger partial charge in [0.1, 0.15) is 0 Å². The van der Waals surface area contributed by atoms with Gasteiger partial charge in [0.15, 0.2) is 0 Å². The average molecular weight is 228 g/mol. The van der Waals surface area contributed by atoms with E-state index in [1.165, 1.54) is 19.3 Å². The quantitative estimate of drug-likeness (QED) is 0.733. The predicted molar refractivity (Wildman–Crippen MR) is 67.3 cm³/mol. The summed E-state index contributed by atoms with van der Waals surface area (Å²) in [6, 6.07) is 0. The van der Waals surface area contributed by atoms with Crippen molar-refractivity contribution >= 4 is 0 Å². The Labute approximate surface area is 100 Å². The zero-order chi connectivity index (χ0) is 12.0. The second kappa shape index (κ2) is 7.29. The van der Waals surface area contributed by atoms with E-state index in [0.717, 1.165) is 32.1 Å². The van der Waals surface area contributed by atoms with E-state index in [1.807, 2.05) is 0 Å². The minimum atomic E-state index is -0.285. The van der Waals surface area contributed by atoms with E-state index in [2.05, 4.69) is 13.8 Å². The summed E-state index contributed by atoms with van der Waals surface area (Å²) in [4.78, 5) is 0. The molecule has 2 nitrogen and oxygen atoms in total. The topological polar surface area (TPSA) is 40.5 Å². The summed E-state index contributed by atoms with van der Waals surface area (Å²) in [5, 5.41) is 20.3. The van der Waals surface area contributed by atoms with Crippen LogP contribution in [0.4, 0.5) is 0 Å². The summed E-state index contributed by atoms with van der Waals surface area (Å²) in [7, 11) is 0. The van der Waals surface area contributed by atoms with Gasteiger partial charge in [-0.1, -0.05) is 46.0 Å². The lowest BCUT2D eigenvalue weighted by Gasteiger charge is -2.35. The standard InChI is InChI=1S/C14H28O2/c1-3-5-8-11(4-2)14(16)12-9-6-7-10-13(12)15/h11-16H,3-10H2,1-2H3/t11-,12-,13+,14+/m1/s1. The van der Waals surface area contributed by atoms with Crippen molar-refractivity contribution in [3.05, 3.63) is 0 Å². The molecule has 0 aliphatic heterocycles. The van der Waals surface area contributed by atoms with Gasteiger partial charge in [-0.3, -0.25) is 0 Å². The number of hydrogen-bond donors (Lipinski definition) is 2. The molecule has 0 amide bonds.